The van der Waals surface area contributed by atoms with Gasteiger partial charge in [0.15, 0.2) is 0 Å². The van der Waals surface area contributed by atoms with Crippen molar-refractivity contribution in [3.8, 4) is 0 Å². The first-order valence-electron chi connectivity index (χ1n) is 10.5. The predicted molar refractivity (Wildman–Crippen MR) is 129 cm³/mol. The second kappa shape index (κ2) is 7.84. The zero-order valence-electron chi connectivity index (χ0n) is 17.9. The molecular formula is C26H22ClN3O2. The van der Waals surface area contributed by atoms with E-state index in [0.29, 0.717) is 34.1 Å². The maximum absolute atomic E-state index is 13.8. The zero-order chi connectivity index (χ0) is 22.4. The minimum Gasteiger partial charge on any atom is -0.378 e. The van der Waals surface area contributed by atoms with Crippen LogP contribution in [0.25, 0.3) is 5.57 Å². The van der Waals surface area contributed by atoms with Gasteiger partial charge in [0.05, 0.1) is 11.3 Å². The van der Waals surface area contributed by atoms with Crippen LogP contribution in [0.15, 0.2) is 78.5 Å². The van der Waals surface area contributed by atoms with Gasteiger partial charge in [0, 0.05) is 37.0 Å². The molecule has 3 aromatic carbocycles. The summed E-state index contributed by atoms with van der Waals surface area (Å²) in [6.07, 6.45) is 0.825. The Morgan fingerprint density at radius 2 is 1.62 bits per heavy atom. The number of hydrogen-bond acceptors (Lipinski definition) is 4. The molecular weight excluding hydrogens is 422 g/mol. The van der Waals surface area contributed by atoms with Crippen molar-refractivity contribution in [2.24, 2.45) is 0 Å². The molecule has 32 heavy (non-hydrogen) atoms. The predicted octanol–water partition coefficient (Wildman–Crippen LogP) is 4.75. The van der Waals surface area contributed by atoms with Gasteiger partial charge in [0.1, 0.15) is 5.70 Å². The number of halogens is 1. The van der Waals surface area contributed by atoms with Gasteiger partial charge in [-0.05, 0) is 53.9 Å². The Morgan fingerprint density at radius 3 is 2.38 bits per heavy atom. The Hall–Kier alpha value is -3.57. The van der Waals surface area contributed by atoms with Crippen molar-refractivity contribution in [1.29, 1.82) is 0 Å². The molecule has 5 rings (SSSR count). The minimum absolute atomic E-state index is 0.312. The number of para-hydroxylation sites is 1. The molecule has 0 atom stereocenters. The highest BCUT2D eigenvalue weighted by Gasteiger charge is 2.44. The van der Waals surface area contributed by atoms with Gasteiger partial charge in [-0.3, -0.25) is 9.59 Å². The number of fused-ring (bicyclic) bond motifs is 1. The average molecular weight is 444 g/mol. The zero-order valence-corrected chi connectivity index (χ0v) is 18.6. The van der Waals surface area contributed by atoms with E-state index in [1.807, 2.05) is 60.3 Å². The van der Waals surface area contributed by atoms with Gasteiger partial charge >= 0.3 is 0 Å². The molecule has 2 aliphatic heterocycles. The smallest absolute Gasteiger partial charge is 0.282 e. The van der Waals surface area contributed by atoms with Crippen LogP contribution in [0.3, 0.4) is 0 Å². The Balaban J connectivity index is 1.67. The second-order valence-electron chi connectivity index (χ2n) is 8.12. The fraction of sp³-hybridized carbons (Fsp3) is 0.154. The Labute approximate surface area is 192 Å². The highest BCUT2D eigenvalue weighted by atomic mass is 35.5. The summed E-state index contributed by atoms with van der Waals surface area (Å²) < 4.78 is 0. The number of anilines is 3. The maximum atomic E-state index is 13.8. The molecule has 2 aliphatic rings. The Bertz CT molecular complexity index is 1260. The summed E-state index contributed by atoms with van der Waals surface area (Å²) in [7, 11) is 3.85. The summed E-state index contributed by atoms with van der Waals surface area (Å²) in [6.45, 7) is 0.649. The fourth-order valence-electron chi connectivity index (χ4n) is 4.36. The van der Waals surface area contributed by atoms with E-state index in [0.717, 1.165) is 17.8 Å². The van der Waals surface area contributed by atoms with Gasteiger partial charge in [-0.1, -0.05) is 48.0 Å². The molecule has 0 radical (unpaired) electrons. The quantitative estimate of drug-likeness (QED) is 0.546. The van der Waals surface area contributed by atoms with Gasteiger partial charge in [0.2, 0.25) is 0 Å². The standard InChI is InChI=1S/C26H22ClN3O2/c1-28(2)20-7-5-8-21(16-20)30-25(31)23(18-10-12-19(27)13-11-18)24(26(30)32)29-15-14-17-6-3-4-9-22(17)29/h3-13,16H,14-15H2,1-2H3. The highest BCUT2D eigenvalue weighted by Crippen LogP contribution is 2.40. The molecule has 0 N–H and O–H groups in total. The van der Waals surface area contributed by atoms with E-state index in [4.69, 9.17) is 11.6 Å². The molecule has 0 saturated heterocycles. The fourth-order valence-corrected chi connectivity index (χ4v) is 4.49. The largest absolute Gasteiger partial charge is 0.378 e. The number of rotatable bonds is 4. The van der Waals surface area contributed by atoms with Crippen molar-refractivity contribution in [2.45, 2.75) is 6.42 Å². The number of nitrogens with zero attached hydrogens (tertiary/aromatic N) is 3. The summed E-state index contributed by atoms with van der Waals surface area (Å²) >= 11 is 6.09. The third-order valence-electron chi connectivity index (χ3n) is 5.95. The number of amides is 2. The molecule has 0 bridgehead atoms. The molecule has 5 nitrogen and oxygen atoms in total. The summed E-state index contributed by atoms with van der Waals surface area (Å²) in [5, 5.41) is 0.578. The van der Waals surface area contributed by atoms with E-state index in [1.54, 1.807) is 30.3 Å². The summed E-state index contributed by atoms with van der Waals surface area (Å²) in [5.41, 5.74) is 5.11. The van der Waals surface area contributed by atoms with E-state index in [1.165, 1.54) is 10.5 Å². The lowest BCUT2D eigenvalue weighted by atomic mass is 10.0. The van der Waals surface area contributed by atoms with Crippen LogP contribution in [0, 0.1) is 0 Å². The van der Waals surface area contributed by atoms with Gasteiger partial charge in [-0.15, -0.1) is 0 Å². The molecule has 2 heterocycles. The van der Waals surface area contributed by atoms with Crippen molar-refractivity contribution < 1.29 is 9.59 Å². The number of imide groups is 1. The SMILES string of the molecule is CN(C)c1cccc(N2C(=O)C(c3ccc(Cl)cc3)=C(N3CCc4ccccc43)C2=O)c1. The third-order valence-corrected chi connectivity index (χ3v) is 6.21. The monoisotopic (exact) mass is 443 g/mol. The lowest BCUT2D eigenvalue weighted by Gasteiger charge is -2.22. The van der Waals surface area contributed by atoms with E-state index in [2.05, 4.69) is 6.07 Å². The number of carbonyl (C=O) groups excluding carboxylic acids is 2. The summed E-state index contributed by atoms with van der Waals surface area (Å²) in [4.78, 5) is 32.8. The number of hydrogen-bond donors (Lipinski definition) is 0. The number of carbonyl (C=O) groups is 2. The van der Waals surface area contributed by atoms with Crippen LogP contribution in [0.1, 0.15) is 11.1 Å². The van der Waals surface area contributed by atoms with Gasteiger partial charge in [-0.25, -0.2) is 4.90 Å². The lowest BCUT2D eigenvalue weighted by molar-refractivity contribution is -0.120. The Kier molecular flexibility index (Phi) is 4.98. The van der Waals surface area contributed by atoms with Crippen LogP contribution in [0.2, 0.25) is 5.02 Å². The highest BCUT2D eigenvalue weighted by molar-refractivity contribution is 6.46. The van der Waals surface area contributed by atoms with Crippen LogP contribution in [-0.4, -0.2) is 32.5 Å². The maximum Gasteiger partial charge on any atom is 0.282 e. The lowest BCUT2D eigenvalue weighted by Crippen LogP contribution is -2.35. The Morgan fingerprint density at radius 1 is 0.875 bits per heavy atom. The normalized spacial score (nSPS) is 15.6. The molecule has 0 aliphatic carbocycles. The van der Waals surface area contributed by atoms with Crippen molar-refractivity contribution in [1.82, 2.24) is 0 Å². The molecule has 0 spiro atoms. The summed E-state index contributed by atoms with van der Waals surface area (Å²) in [5.74, 6) is -0.639. The van der Waals surface area contributed by atoms with Crippen molar-refractivity contribution >= 4 is 46.1 Å². The van der Waals surface area contributed by atoms with Crippen LogP contribution in [-0.2, 0) is 16.0 Å². The van der Waals surface area contributed by atoms with Crippen LogP contribution >= 0.6 is 11.6 Å². The summed E-state index contributed by atoms with van der Waals surface area (Å²) in [6, 6.07) is 22.6. The number of benzene rings is 3. The first kappa shape index (κ1) is 20.3. The van der Waals surface area contributed by atoms with Gasteiger partial charge < -0.3 is 9.80 Å². The van der Waals surface area contributed by atoms with Crippen molar-refractivity contribution in [2.75, 3.05) is 35.3 Å². The van der Waals surface area contributed by atoms with E-state index < -0.39 is 0 Å². The second-order valence-corrected chi connectivity index (χ2v) is 8.56. The van der Waals surface area contributed by atoms with E-state index in [-0.39, 0.29) is 11.8 Å². The first-order chi connectivity index (χ1) is 15.5. The van der Waals surface area contributed by atoms with Gasteiger partial charge in [-0.2, -0.15) is 0 Å². The molecule has 3 aromatic rings. The topological polar surface area (TPSA) is 43.9 Å². The van der Waals surface area contributed by atoms with Crippen LogP contribution in [0.5, 0.6) is 0 Å². The minimum atomic E-state index is -0.326. The van der Waals surface area contributed by atoms with Crippen molar-refractivity contribution in [3.63, 3.8) is 0 Å². The van der Waals surface area contributed by atoms with Crippen molar-refractivity contribution in [3.05, 3.63) is 94.6 Å². The molecule has 6 heteroatoms. The van der Waals surface area contributed by atoms with Crippen LogP contribution in [0.4, 0.5) is 17.1 Å². The first-order valence-corrected chi connectivity index (χ1v) is 10.9. The molecule has 0 unspecified atom stereocenters. The molecule has 0 fully saturated rings. The van der Waals surface area contributed by atoms with E-state index in [9.17, 15) is 9.59 Å². The molecule has 160 valence electrons. The molecule has 0 saturated carbocycles. The average Bonchev–Trinajstić information content (AvgIpc) is 3.32. The van der Waals surface area contributed by atoms with Gasteiger partial charge in [0.25, 0.3) is 11.8 Å². The third kappa shape index (κ3) is 3.26. The molecule has 2 amide bonds. The van der Waals surface area contributed by atoms with E-state index >= 15 is 0 Å². The molecule has 0 aromatic heterocycles. The van der Waals surface area contributed by atoms with Crippen LogP contribution < -0.4 is 14.7 Å².